The summed E-state index contributed by atoms with van der Waals surface area (Å²) in [6.07, 6.45) is 4.76. The van der Waals surface area contributed by atoms with Crippen LogP contribution in [0.4, 0.5) is 0 Å². The molecule has 0 amide bonds. The van der Waals surface area contributed by atoms with Gasteiger partial charge >= 0.3 is 0 Å². The molecule has 1 aromatic rings. The van der Waals surface area contributed by atoms with E-state index in [0.717, 1.165) is 37.4 Å². The molecule has 2 heterocycles. The maximum Gasteiger partial charge on any atom is 0.138 e. The molecule has 0 aromatic carbocycles. The highest BCUT2D eigenvalue weighted by atomic mass is 35.5. The van der Waals surface area contributed by atoms with Gasteiger partial charge in [-0.25, -0.2) is 0 Å². The Labute approximate surface area is 121 Å². The fraction of sp³-hybridized carbons (Fsp3) is 0.643. The Balaban J connectivity index is 0.00000180. The number of aromatic nitrogens is 1. The van der Waals surface area contributed by atoms with E-state index in [9.17, 15) is 5.11 Å². The number of rotatable bonds is 4. The van der Waals surface area contributed by atoms with Crippen LogP contribution in [-0.2, 0) is 6.54 Å². The summed E-state index contributed by atoms with van der Waals surface area (Å²) in [6.45, 7) is 4.50. The molecule has 0 bridgehead atoms. The van der Waals surface area contributed by atoms with Crippen LogP contribution in [0.1, 0.15) is 37.1 Å². The van der Waals surface area contributed by atoms with Crippen molar-refractivity contribution in [2.24, 2.45) is 5.73 Å². The molecule has 19 heavy (non-hydrogen) atoms. The largest absolute Gasteiger partial charge is 0.506 e. The predicted octanol–water partition coefficient (Wildman–Crippen LogP) is 2.22. The van der Waals surface area contributed by atoms with E-state index >= 15 is 0 Å². The van der Waals surface area contributed by atoms with Crippen molar-refractivity contribution in [3.05, 3.63) is 23.5 Å². The number of halogens is 1. The van der Waals surface area contributed by atoms with Gasteiger partial charge in [0.1, 0.15) is 5.75 Å². The minimum Gasteiger partial charge on any atom is -0.506 e. The molecular weight excluding hydrogens is 262 g/mol. The lowest BCUT2D eigenvalue weighted by atomic mass is 9.99. The zero-order valence-corrected chi connectivity index (χ0v) is 12.3. The fourth-order valence-electron chi connectivity index (χ4n) is 2.70. The summed E-state index contributed by atoms with van der Waals surface area (Å²) in [4.78, 5) is 6.85. The van der Waals surface area contributed by atoms with E-state index in [1.807, 2.05) is 13.0 Å². The van der Waals surface area contributed by atoms with Crippen LogP contribution in [0, 0.1) is 6.92 Å². The summed E-state index contributed by atoms with van der Waals surface area (Å²) in [7, 11) is 0. The highest BCUT2D eigenvalue weighted by molar-refractivity contribution is 5.85. The van der Waals surface area contributed by atoms with Gasteiger partial charge in [-0.15, -0.1) is 12.4 Å². The Morgan fingerprint density at radius 3 is 2.95 bits per heavy atom. The molecule has 0 spiro atoms. The van der Waals surface area contributed by atoms with Crippen molar-refractivity contribution in [3.8, 4) is 5.75 Å². The topological polar surface area (TPSA) is 62.4 Å². The van der Waals surface area contributed by atoms with Gasteiger partial charge in [0.15, 0.2) is 0 Å². The zero-order valence-electron chi connectivity index (χ0n) is 11.5. The number of piperidine rings is 1. The van der Waals surface area contributed by atoms with Crippen molar-refractivity contribution in [2.75, 3.05) is 13.1 Å². The second kappa shape index (κ2) is 7.68. The third kappa shape index (κ3) is 4.34. The Bertz CT molecular complexity index is 398. The Morgan fingerprint density at radius 2 is 2.21 bits per heavy atom. The summed E-state index contributed by atoms with van der Waals surface area (Å²) >= 11 is 0. The van der Waals surface area contributed by atoms with Gasteiger partial charge in [0.25, 0.3) is 0 Å². The van der Waals surface area contributed by atoms with Gasteiger partial charge in [0.05, 0.1) is 5.69 Å². The molecule has 0 saturated carbocycles. The van der Waals surface area contributed by atoms with Crippen molar-refractivity contribution in [3.63, 3.8) is 0 Å². The van der Waals surface area contributed by atoms with Crippen molar-refractivity contribution in [1.82, 2.24) is 9.88 Å². The van der Waals surface area contributed by atoms with Gasteiger partial charge < -0.3 is 10.8 Å². The first-order chi connectivity index (χ1) is 8.70. The first-order valence-corrected chi connectivity index (χ1v) is 6.80. The first-order valence-electron chi connectivity index (χ1n) is 6.80. The average Bonchev–Trinajstić information content (AvgIpc) is 2.36. The number of hydrogen-bond donors (Lipinski definition) is 2. The van der Waals surface area contributed by atoms with Crippen LogP contribution >= 0.6 is 12.4 Å². The minimum atomic E-state index is 0. The van der Waals surface area contributed by atoms with Crippen LogP contribution in [0.2, 0.25) is 0 Å². The molecule has 1 saturated heterocycles. The maximum absolute atomic E-state index is 9.87. The molecule has 1 aliphatic rings. The van der Waals surface area contributed by atoms with E-state index in [1.54, 1.807) is 6.07 Å². The predicted molar refractivity (Wildman–Crippen MR) is 79.6 cm³/mol. The van der Waals surface area contributed by atoms with E-state index in [-0.39, 0.29) is 12.4 Å². The van der Waals surface area contributed by atoms with E-state index < -0.39 is 0 Å². The lowest BCUT2D eigenvalue weighted by Crippen LogP contribution is -2.40. The molecule has 1 aromatic heterocycles. The molecule has 0 radical (unpaired) electrons. The van der Waals surface area contributed by atoms with Crippen LogP contribution in [0.5, 0.6) is 5.75 Å². The average molecular weight is 286 g/mol. The molecule has 1 atom stereocenters. The van der Waals surface area contributed by atoms with E-state index in [2.05, 4.69) is 9.88 Å². The van der Waals surface area contributed by atoms with Crippen LogP contribution < -0.4 is 5.73 Å². The Kier molecular flexibility index (Phi) is 6.55. The summed E-state index contributed by atoms with van der Waals surface area (Å²) in [5.74, 6) is 0.303. The van der Waals surface area contributed by atoms with Crippen LogP contribution in [0.25, 0.3) is 0 Å². The summed E-state index contributed by atoms with van der Waals surface area (Å²) in [6, 6.07) is 4.12. The number of nitrogens with two attached hydrogens (primary N) is 1. The smallest absolute Gasteiger partial charge is 0.138 e. The van der Waals surface area contributed by atoms with E-state index in [1.165, 1.54) is 19.3 Å². The number of aryl methyl sites for hydroxylation is 1. The lowest BCUT2D eigenvalue weighted by Gasteiger charge is -2.35. The summed E-state index contributed by atoms with van der Waals surface area (Å²) < 4.78 is 0. The molecule has 1 unspecified atom stereocenters. The molecule has 3 N–H and O–H groups in total. The highest BCUT2D eigenvalue weighted by Crippen LogP contribution is 2.24. The maximum atomic E-state index is 9.87. The lowest BCUT2D eigenvalue weighted by molar-refractivity contribution is 0.131. The normalized spacial score (nSPS) is 20.0. The second-order valence-corrected chi connectivity index (χ2v) is 5.12. The summed E-state index contributed by atoms with van der Waals surface area (Å²) in [5, 5.41) is 9.87. The van der Waals surface area contributed by atoms with Crippen molar-refractivity contribution in [1.29, 1.82) is 0 Å². The second-order valence-electron chi connectivity index (χ2n) is 5.12. The monoisotopic (exact) mass is 285 g/mol. The summed E-state index contributed by atoms with van der Waals surface area (Å²) in [5.41, 5.74) is 7.42. The van der Waals surface area contributed by atoms with Gasteiger partial charge in [0, 0.05) is 18.3 Å². The standard InChI is InChI=1S/C14H23N3O.ClH/c1-11-5-6-14(18)13(16-11)10-17-9-3-2-4-12(17)7-8-15;/h5-6,12,18H,2-4,7-10,15H2,1H3;1H. The van der Waals surface area contributed by atoms with Gasteiger partial charge in [-0.1, -0.05) is 6.42 Å². The number of likely N-dealkylation sites (tertiary alicyclic amines) is 1. The molecule has 2 rings (SSSR count). The van der Waals surface area contributed by atoms with E-state index in [0.29, 0.717) is 11.8 Å². The minimum absolute atomic E-state index is 0. The van der Waals surface area contributed by atoms with Crippen LogP contribution in [-0.4, -0.2) is 34.1 Å². The zero-order chi connectivity index (χ0) is 13.0. The highest BCUT2D eigenvalue weighted by Gasteiger charge is 2.22. The number of hydrogen-bond acceptors (Lipinski definition) is 4. The fourth-order valence-corrected chi connectivity index (χ4v) is 2.70. The quantitative estimate of drug-likeness (QED) is 0.890. The third-order valence-corrected chi connectivity index (χ3v) is 3.69. The molecule has 1 fully saturated rings. The molecular formula is C14H24ClN3O. The van der Waals surface area contributed by atoms with Gasteiger partial charge in [0.2, 0.25) is 0 Å². The SMILES string of the molecule is Cc1ccc(O)c(CN2CCCCC2CCN)n1.Cl. The Morgan fingerprint density at radius 1 is 1.42 bits per heavy atom. The van der Waals surface area contributed by atoms with Gasteiger partial charge in [-0.05, 0) is 51.4 Å². The molecule has 1 aliphatic heterocycles. The van der Waals surface area contributed by atoms with Crippen molar-refractivity contribution < 1.29 is 5.11 Å². The number of aromatic hydroxyl groups is 1. The number of nitrogens with zero attached hydrogens (tertiary/aromatic N) is 2. The van der Waals surface area contributed by atoms with Gasteiger partial charge in [-0.3, -0.25) is 9.88 Å². The van der Waals surface area contributed by atoms with E-state index in [4.69, 9.17) is 5.73 Å². The van der Waals surface area contributed by atoms with Crippen LogP contribution in [0.3, 0.4) is 0 Å². The Hall–Kier alpha value is -0.840. The van der Waals surface area contributed by atoms with Crippen molar-refractivity contribution in [2.45, 2.75) is 45.2 Å². The van der Waals surface area contributed by atoms with Crippen molar-refractivity contribution >= 4 is 12.4 Å². The van der Waals surface area contributed by atoms with Gasteiger partial charge in [-0.2, -0.15) is 0 Å². The molecule has 108 valence electrons. The van der Waals surface area contributed by atoms with Crippen LogP contribution in [0.15, 0.2) is 12.1 Å². The third-order valence-electron chi connectivity index (χ3n) is 3.69. The molecule has 0 aliphatic carbocycles. The molecule has 4 nitrogen and oxygen atoms in total. The molecule has 5 heteroatoms. The number of pyridine rings is 1. The first kappa shape index (κ1) is 16.2.